The maximum absolute atomic E-state index is 5.45. The van der Waals surface area contributed by atoms with Crippen molar-refractivity contribution < 1.29 is 0 Å². The third-order valence-electron chi connectivity index (χ3n) is 3.71. The Hall–Kier alpha value is -0.440. The van der Waals surface area contributed by atoms with E-state index in [1.807, 2.05) is 0 Å². The minimum Gasteiger partial charge on any atom is -0.119 e. The maximum Gasteiger partial charge on any atom is 0.0409 e. The van der Waals surface area contributed by atoms with Crippen LogP contribution in [0.15, 0.2) is 0 Å². The van der Waals surface area contributed by atoms with Crippen LogP contribution in [0.3, 0.4) is 0 Å². The Labute approximate surface area is 55.6 Å². The van der Waals surface area contributed by atoms with Crippen molar-refractivity contribution in [2.75, 3.05) is 0 Å². The predicted molar refractivity (Wildman–Crippen MR) is 35.6 cm³/mol. The van der Waals surface area contributed by atoms with Crippen molar-refractivity contribution in [3.8, 4) is 12.3 Å². The van der Waals surface area contributed by atoms with Gasteiger partial charge in [0.2, 0.25) is 0 Å². The van der Waals surface area contributed by atoms with Crippen LogP contribution >= 0.6 is 0 Å². The van der Waals surface area contributed by atoms with E-state index in [1.165, 1.54) is 19.3 Å². The number of terminal acetylenes is 1. The molecule has 0 radical (unpaired) electrons. The molecule has 0 N–H and O–H groups in total. The molecule has 0 heteroatoms. The van der Waals surface area contributed by atoms with E-state index in [9.17, 15) is 0 Å². The fraction of sp³-hybridized carbons (Fsp3) is 0.778. The maximum atomic E-state index is 5.45. The van der Waals surface area contributed by atoms with Crippen LogP contribution in [-0.4, -0.2) is 0 Å². The molecule has 0 aromatic heterocycles. The third-order valence-corrected chi connectivity index (χ3v) is 3.71. The predicted octanol–water partition coefficient (Wildman–Crippen LogP) is 1.67. The standard InChI is InChI=1S/C9H10/c1-2-9-6-4-3-5-7(9)8(6)9/h1,6-8H,3-5H2. The van der Waals surface area contributed by atoms with Crippen molar-refractivity contribution in [2.24, 2.45) is 23.2 Å². The molecule has 3 aliphatic carbocycles. The van der Waals surface area contributed by atoms with Gasteiger partial charge < -0.3 is 0 Å². The van der Waals surface area contributed by atoms with Crippen LogP contribution in [-0.2, 0) is 0 Å². The lowest BCUT2D eigenvalue weighted by Gasteiger charge is -2.21. The van der Waals surface area contributed by atoms with Gasteiger partial charge in [-0.1, -0.05) is 12.3 Å². The van der Waals surface area contributed by atoms with Gasteiger partial charge >= 0.3 is 0 Å². The average molecular weight is 118 g/mol. The molecule has 0 spiro atoms. The van der Waals surface area contributed by atoms with Gasteiger partial charge in [0.25, 0.3) is 0 Å². The molecule has 2 atom stereocenters. The summed E-state index contributed by atoms with van der Waals surface area (Å²) in [6, 6.07) is 0. The van der Waals surface area contributed by atoms with Gasteiger partial charge in [-0.05, 0) is 30.6 Å². The number of rotatable bonds is 0. The van der Waals surface area contributed by atoms with Crippen LogP contribution in [0.2, 0.25) is 0 Å². The largest absolute Gasteiger partial charge is 0.119 e. The van der Waals surface area contributed by atoms with E-state index in [-0.39, 0.29) is 0 Å². The minimum absolute atomic E-state index is 0.498. The lowest BCUT2D eigenvalue weighted by atomic mass is 9.83. The molecule has 46 valence electrons. The fourth-order valence-corrected chi connectivity index (χ4v) is 3.17. The molecule has 9 heavy (non-hydrogen) atoms. The molecule has 0 heterocycles. The highest BCUT2D eigenvalue weighted by Crippen LogP contribution is 2.88. The van der Waals surface area contributed by atoms with E-state index >= 15 is 0 Å². The van der Waals surface area contributed by atoms with Crippen molar-refractivity contribution >= 4 is 0 Å². The zero-order chi connectivity index (χ0) is 6.06. The molecule has 3 saturated carbocycles. The second-order valence-corrected chi connectivity index (χ2v) is 3.75. The van der Waals surface area contributed by atoms with Crippen LogP contribution in [0.25, 0.3) is 0 Å². The molecule has 0 aliphatic heterocycles. The summed E-state index contributed by atoms with van der Waals surface area (Å²) in [5.41, 5.74) is 0.498. The molecule has 3 aliphatic rings. The molecular weight excluding hydrogens is 108 g/mol. The van der Waals surface area contributed by atoms with Gasteiger partial charge in [-0.15, -0.1) is 6.42 Å². The average Bonchev–Trinajstić information content (AvgIpc) is 2.76. The van der Waals surface area contributed by atoms with Crippen LogP contribution in [0, 0.1) is 35.5 Å². The minimum atomic E-state index is 0.498. The second kappa shape index (κ2) is 0.944. The number of hydrogen-bond acceptors (Lipinski definition) is 0. The van der Waals surface area contributed by atoms with E-state index in [1.54, 1.807) is 0 Å². The van der Waals surface area contributed by atoms with Crippen LogP contribution in [0.4, 0.5) is 0 Å². The SMILES string of the molecule is C#CC12C3CCCC1C32. The van der Waals surface area contributed by atoms with Gasteiger partial charge in [0.15, 0.2) is 0 Å². The molecule has 0 nitrogen and oxygen atoms in total. The highest BCUT2D eigenvalue weighted by molar-refractivity contribution is 5.43. The van der Waals surface area contributed by atoms with E-state index in [0.717, 1.165) is 17.8 Å². The third kappa shape index (κ3) is 0.250. The molecule has 0 aromatic rings. The van der Waals surface area contributed by atoms with Crippen molar-refractivity contribution in [1.82, 2.24) is 0 Å². The summed E-state index contributed by atoms with van der Waals surface area (Å²) in [6.07, 6.45) is 9.78. The summed E-state index contributed by atoms with van der Waals surface area (Å²) in [5, 5.41) is 0. The van der Waals surface area contributed by atoms with Crippen LogP contribution in [0.1, 0.15) is 19.3 Å². The van der Waals surface area contributed by atoms with Gasteiger partial charge in [0, 0.05) is 5.41 Å². The van der Waals surface area contributed by atoms with E-state index in [4.69, 9.17) is 6.42 Å². The Morgan fingerprint density at radius 1 is 1.33 bits per heavy atom. The molecule has 3 rings (SSSR count). The van der Waals surface area contributed by atoms with Gasteiger partial charge in [-0.25, -0.2) is 0 Å². The highest BCUT2D eigenvalue weighted by atomic mass is 14.9. The molecule has 3 fully saturated rings. The molecular formula is C9H10. The summed E-state index contributed by atoms with van der Waals surface area (Å²) in [6.45, 7) is 0. The van der Waals surface area contributed by atoms with Crippen LogP contribution in [0.5, 0.6) is 0 Å². The number of hydrogen-bond donors (Lipinski definition) is 0. The second-order valence-electron chi connectivity index (χ2n) is 3.75. The molecule has 0 aromatic carbocycles. The zero-order valence-electron chi connectivity index (χ0n) is 5.43. The molecule has 0 amide bonds. The highest BCUT2D eigenvalue weighted by Gasteiger charge is 2.86. The molecule has 0 saturated heterocycles. The quantitative estimate of drug-likeness (QED) is 0.424. The van der Waals surface area contributed by atoms with Crippen molar-refractivity contribution in [2.45, 2.75) is 19.3 Å². The first kappa shape index (κ1) is 4.39. The lowest BCUT2D eigenvalue weighted by Crippen LogP contribution is -2.13. The Bertz CT molecular complexity index is 187. The first-order valence-electron chi connectivity index (χ1n) is 3.89. The Morgan fingerprint density at radius 2 is 2.00 bits per heavy atom. The monoisotopic (exact) mass is 118 g/mol. The first-order chi connectivity index (χ1) is 4.41. The Kier molecular flexibility index (Phi) is 0.460. The topological polar surface area (TPSA) is 0 Å². The Balaban J connectivity index is 1.98. The van der Waals surface area contributed by atoms with E-state index in [0.29, 0.717) is 5.41 Å². The van der Waals surface area contributed by atoms with Gasteiger partial charge in [-0.3, -0.25) is 0 Å². The molecule has 2 unspecified atom stereocenters. The van der Waals surface area contributed by atoms with E-state index in [2.05, 4.69) is 5.92 Å². The zero-order valence-corrected chi connectivity index (χ0v) is 5.43. The summed E-state index contributed by atoms with van der Waals surface area (Å²) in [7, 11) is 0. The normalized spacial score (nSPS) is 65.9. The van der Waals surface area contributed by atoms with Crippen LogP contribution < -0.4 is 0 Å². The van der Waals surface area contributed by atoms with Gasteiger partial charge in [-0.2, -0.15) is 0 Å². The van der Waals surface area contributed by atoms with Gasteiger partial charge in [0.05, 0.1) is 0 Å². The van der Waals surface area contributed by atoms with Gasteiger partial charge in [0.1, 0.15) is 0 Å². The van der Waals surface area contributed by atoms with E-state index < -0.39 is 0 Å². The smallest absolute Gasteiger partial charge is 0.0409 e. The molecule has 0 bridgehead atoms. The fourth-order valence-electron chi connectivity index (χ4n) is 3.17. The summed E-state index contributed by atoms with van der Waals surface area (Å²) < 4.78 is 0. The van der Waals surface area contributed by atoms with Crippen molar-refractivity contribution in [3.05, 3.63) is 0 Å². The summed E-state index contributed by atoms with van der Waals surface area (Å²) >= 11 is 0. The van der Waals surface area contributed by atoms with Crippen molar-refractivity contribution in [1.29, 1.82) is 0 Å². The first-order valence-corrected chi connectivity index (χ1v) is 3.89. The number of fused-ring (bicyclic) bond motifs is 2. The summed E-state index contributed by atoms with van der Waals surface area (Å²) in [5.74, 6) is 5.98. The lowest BCUT2D eigenvalue weighted by molar-refractivity contribution is 0.307. The summed E-state index contributed by atoms with van der Waals surface area (Å²) in [4.78, 5) is 0. The Morgan fingerprint density at radius 3 is 2.33 bits per heavy atom. The van der Waals surface area contributed by atoms with Crippen molar-refractivity contribution in [3.63, 3.8) is 0 Å².